The van der Waals surface area contributed by atoms with Crippen molar-refractivity contribution in [2.45, 2.75) is 32.1 Å². The van der Waals surface area contributed by atoms with Gasteiger partial charge in [0.15, 0.2) is 0 Å². The van der Waals surface area contributed by atoms with Gasteiger partial charge in [0.1, 0.15) is 11.9 Å². The number of hydrogen-bond acceptors (Lipinski definition) is 2. The molecule has 1 saturated carbocycles. The van der Waals surface area contributed by atoms with Crippen LogP contribution >= 0.6 is 0 Å². The largest absolute Gasteiger partial charge is 0.384 e. The first-order valence-electron chi connectivity index (χ1n) is 6.23. The number of halogens is 1. The highest BCUT2D eigenvalue weighted by Crippen LogP contribution is 2.27. The molecule has 2 nitrogen and oxygen atoms in total. The minimum Gasteiger partial charge on any atom is -0.384 e. The van der Waals surface area contributed by atoms with Gasteiger partial charge < -0.3 is 5.32 Å². The van der Waals surface area contributed by atoms with Crippen LogP contribution in [0.25, 0.3) is 0 Å². The van der Waals surface area contributed by atoms with E-state index in [0.717, 1.165) is 24.6 Å². The summed E-state index contributed by atoms with van der Waals surface area (Å²) in [6, 6.07) is 6.32. The van der Waals surface area contributed by atoms with Crippen LogP contribution in [0.4, 0.5) is 10.1 Å². The maximum Gasteiger partial charge on any atom is 0.124 e. The van der Waals surface area contributed by atoms with E-state index < -0.39 is 0 Å². The van der Waals surface area contributed by atoms with Crippen molar-refractivity contribution in [3.05, 3.63) is 29.6 Å². The van der Waals surface area contributed by atoms with Gasteiger partial charge in [0.2, 0.25) is 0 Å². The normalized spacial score (nSPS) is 15.8. The molecule has 1 aliphatic carbocycles. The molecule has 0 amide bonds. The van der Waals surface area contributed by atoms with Crippen LogP contribution in [0.15, 0.2) is 18.2 Å². The van der Waals surface area contributed by atoms with Gasteiger partial charge >= 0.3 is 0 Å². The average Bonchev–Trinajstić information content (AvgIpc) is 2.84. The Kier molecular flexibility index (Phi) is 3.98. The van der Waals surface area contributed by atoms with E-state index in [4.69, 9.17) is 5.26 Å². The summed E-state index contributed by atoms with van der Waals surface area (Å²) in [4.78, 5) is 0. The molecule has 1 aromatic carbocycles. The number of nitriles is 1. The molecule has 0 radical (unpaired) electrons. The predicted octanol–water partition coefficient (Wildman–Crippen LogP) is 3.69. The van der Waals surface area contributed by atoms with Gasteiger partial charge in [0, 0.05) is 6.54 Å². The van der Waals surface area contributed by atoms with Crippen molar-refractivity contribution in [2.24, 2.45) is 5.92 Å². The zero-order chi connectivity index (χ0) is 12.1. The Bertz CT molecular complexity index is 417. The Morgan fingerprint density at radius 3 is 2.82 bits per heavy atom. The fourth-order valence-corrected chi connectivity index (χ4v) is 2.47. The lowest BCUT2D eigenvalue weighted by Gasteiger charge is -2.11. The quantitative estimate of drug-likeness (QED) is 0.859. The van der Waals surface area contributed by atoms with Gasteiger partial charge in [-0.1, -0.05) is 25.7 Å². The second kappa shape index (κ2) is 5.67. The fourth-order valence-electron chi connectivity index (χ4n) is 2.47. The van der Waals surface area contributed by atoms with E-state index in [1.165, 1.54) is 37.8 Å². The van der Waals surface area contributed by atoms with Crippen LogP contribution in [0, 0.1) is 23.1 Å². The number of hydrogen-bond donors (Lipinski definition) is 1. The molecule has 1 fully saturated rings. The summed E-state index contributed by atoms with van der Waals surface area (Å²) in [7, 11) is 0. The van der Waals surface area contributed by atoms with Crippen LogP contribution in [-0.2, 0) is 0 Å². The van der Waals surface area contributed by atoms with Gasteiger partial charge in [-0.25, -0.2) is 4.39 Å². The molecule has 0 atom stereocenters. The maximum absolute atomic E-state index is 12.9. The van der Waals surface area contributed by atoms with Crippen molar-refractivity contribution < 1.29 is 4.39 Å². The molecule has 0 unspecified atom stereocenters. The molecular formula is C14H17FN2. The van der Waals surface area contributed by atoms with Crippen LogP contribution in [0.2, 0.25) is 0 Å². The van der Waals surface area contributed by atoms with Gasteiger partial charge in [0.25, 0.3) is 0 Å². The summed E-state index contributed by atoms with van der Waals surface area (Å²) in [5.74, 6) is 0.469. The second-order valence-electron chi connectivity index (χ2n) is 4.67. The molecule has 0 heterocycles. The first-order chi connectivity index (χ1) is 8.29. The molecule has 0 aromatic heterocycles. The van der Waals surface area contributed by atoms with Gasteiger partial charge in [-0.05, 0) is 30.5 Å². The molecule has 17 heavy (non-hydrogen) atoms. The monoisotopic (exact) mass is 232 g/mol. The first-order valence-corrected chi connectivity index (χ1v) is 6.23. The number of nitrogens with zero attached hydrogens (tertiary/aromatic N) is 1. The van der Waals surface area contributed by atoms with E-state index in [0.29, 0.717) is 5.56 Å². The highest BCUT2D eigenvalue weighted by molar-refractivity contribution is 5.57. The predicted molar refractivity (Wildman–Crippen MR) is 66.2 cm³/mol. The van der Waals surface area contributed by atoms with Crippen molar-refractivity contribution in [1.82, 2.24) is 0 Å². The molecule has 1 aliphatic rings. The van der Waals surface area contributed by atoms with Crippen molar-refractivity contribution in [1.29, 1.82) is 5.26 Å². The van der Waals surface area contributed by atoms with Gasteiger partial charge in [-0.2, -0.15) is 5.26 Å². The summed E-state index contributed by atoms with van der Waals surface area (Å²) < 4.78 is 12.9. The Labute approximate surface area is 101 Å². The van der Waals surface area contributed by atoms with Gasteiger partial charge in [-0.3, -0.25) is 0 Å². The van der Waals surface area contributed by atoms with E-state index in [9.17, 15) is 4.39 Å². The van der Waals surface area contributed by atoms with Crippen molar-refractivity contribution in [2.75, 3.05) is 11.9 Å². The van der Waals surface area contributed by atoms with E-state index >= 15 is 0 Å². The smallest absolute Gasteiger partial charge is 0.124 e. The third-order valence-corrected chi connectivity index (χ3v) is 3.44. The minimum absolute atomic E-state index is 0.358. The number of nitrogens with one attached hydrogen (secondary N) is 1. The molecule has 1 aromatic rings. The Morgan fingerprint density at radius 1 is 1.35 bits per heavy atom. The van der Waals surface area contributed by atoms with E-state index in [1.54, 1.807) is 6.07 Å². The van der Waals surface area contributed by atoms with Crippen LogP contribution in [-0.4, -0.2) is 6.54 Å². The zero-order valence-corrected chi connectivity index (χ0v) is 9.88. The minimum atomic E-state index is -0.358. The van der Waals surface area contributed by atoms with Crippen molar-refractivity contribution in [3.63, 3.8) is 0 Å². The molecule has 90 valence electrons. The van der Waals surface area contributed by atoms with E-state index in [1.807, 2.05) is 6.07 Å². The molecule has 1 N–H and O–H groups in total. The number of rotatable bonds is 4. The highest BCUT2D eigenvalue weighted by atomic mass is 19.1. The lowest BCUT2D eigenvalue weighted by molar-refractivity contribution is 0.518. The zero-order valence-electron chi connectivity index (χ0n) is 9.88. The summed E-state index contributed by atoms with van der Waals surface area (Å²) in [6.45, 7) is 0.866. The molecule has 0 saturated heterocycles. The highest BCUT2D eigenvalue weighted by Gasteiger charge is 2.14. The number of benzene rings is 1. The van der Waals surface area contributed by atoms with Crippen LogP contribution in [0.1, 0.15) is 37.7 Å². The maximum atomic E-state index is 12.9. The van der Waals surface area contributed by atoms with Gasteiger partial charge in [0.05, 0.1) is 11.3 Å². The van der Waals surface area contributed by atoms with E-state index in [-0.39, 0.29) is 5.82 Å². The van der Waals surface area contributed by atoms with Crippen LogP contribution < -0.4 is 5.32 Å². The summed E-state index contributed by atoms with van der Waals surface area (Å²) in [6.07, 6.45) is 6.50. The summed E-state index contributed by atoms with van der Waals surface area (Å²) >= 11 is 0. The Hall–Kier alpha value is -1.56. The molecule has 0 bridgehead atoms. The van der Waals surface area contributed by atoms with Crippen molar-refractivity contribution >= 4 is 5.69 Å². The molecule has 0 aliphatic heterocycles. The van der Waals surface area contributed by atoms with E-state index in [2.05, 4.69) is 5.32 Å². The molecule has 3 heteroatoms. The van der Waals surface area contributed by atoms with Gasteiger partial charge in [-0.15, -0.1) is 0 Å². The molecule has 2 rings (SSSR count). The number of anilines is 1. The topological polar surface area (TPSA) is 35.8 Å². The fraction of sp³-hybridized carbons (Fsp3) is 0.500. The second-order valence-corrected chi connectivity index (χ2v) is 4.67. The lowest BCUT2D eigenvalue weighted by atomic mass is 10.0. The molecular weight excluding hydrogens is 215 g/mol. The van der Waals surface area contributed by atoms with Crippen LogP contribution in [0.3, 0.4) is 0 Å². The standard InChI is InChI=1S/C14H17FN2/c15-13-5-6-14(12(9-13)10-16)17-8-7-11-3-1-2-4-11/h5-6,9,11,17H,1-4,7-8H2. The third-order valence-electron chi connectivity index (χ3n) is 3.44. The SMILES string of the molecule is N#Cc1cc(F)ccc1NCCC1CCCC1. The molecule has 0 spiro atoms. The third kappa shape index (κ3) is 3.20. The Morgan fingerprint density at radius 2 is 2.12 bits per heavy atom. The average molecular weight is 232 g/mol. The Balaban J connectivity index is 1.88. The van der Waals surface area contributed by atoms with Crippen LogP contribution in [0.5, 0.6) is 0 Å². The first kappa shape index (κ1) is 11.9. The summed E-state index contributed by atoms with van der Waals surface area (Å²) in [5.41, 5.74) is 1.13. The van der Waals surface area contributed by atoms with Crippen molar-refractivity contribution in [3.8, 4) is 6.07 Å². The summed E-state index contributed by atoms with van der Waals surface area (Å²) in [5, 5.41) is 12.1. The lowest BCUT2D eigenvalue weighted by Crippen LogP contribution is -2.07.